The van der Waals surface area contributed by atoms with Crippen LogP contribution >= 0.6 is 0 Å². The number of hydrogen-bond acceptors (Lipinski definition) is 4. The van der Waals surface area contributed by atoms with E-state index in [4.69, 9.17) is 0 Å². The van der Waals surface area contributed by atoms with Crippen LogP contribution in [0.3, 0.4) is 0 Å². The maximum atomic E-state index is 12.6. The van der Waals surface area contributed by atoms with Gasteiger partial charge in [-0.15, -0.1) is 0 Å². The molecule has 154 valence electrons. The molecule has 0 aliphatic rings. The molecule has 0 fully saturated rings. The number of hydrogen-bond donors (Lipinski definition) is 3. The number of rotatable bonds is 7. The van der Waals surface area contributed by atoms with Gasteiger partial charge in [-0.1, -0.05) is 43.7 Å². The summed E-state index contributed by atoms with van der Waals surface area (Å²) in [5.74, 6) is -0.603. The second kappa shape index (κ2) is 10.3. The molecule has 1 unspecified atom stereocenters. The summed E-state index contributed by atoms with van der Waals surface area (Å²) in [4.78, 5) is 36.4. The molecule has 0 spiro atoms. The van der Waals surface area contributed by atoms with Crippen LogP contribution in [0, 0.1) is 12.8 Å². The predicted octanol–water partition coefficient (Wildman–Crippen LogP) is 3.24. The van der Waals surface area contributed by atoms with Gasteiger partial charge in [0.05, 0.1) is 7.11 Å². The summed E-state index contributed by atoms with van der Waals surface area (Å²) >= 11 is 0. The van der Waals surface area contributed by atoms with Crippen molar-refractivity contribution < 1.29 is 19.1 Å². The fourth-order valence-corrected chi connectivity index (χ4v) is 2.72. The molecule has 0 aromatic heterocycles. The Labute approximate surface area is 170 Å². The van der Waals surface area contributed by atoms with Crippen LogP contribution in [0.15, 0.2) is 48.5 Å². The van der Waals surface area contributed by atoms with Gasteiger partial charge in [-0.25, -0.2) is 4.79 Å². The Bertz CT molecular complexity index is 863. The molecule has 7 heteroatoms. The molecule has 2 rings (SSSR count). The molecule has 1 atom stereocenters. The molecule has 2 aromatic carbocycles. The molecular formula is C22H27N3O4. The molecular weight excluding hydrogens is 370 g/mol. The van der Waals surface area contributed by atoms with E-state index in [1.807, 2.05) is 32.9 Å². The minimum absolute atomic E-state index is 0.0737. The first-order chi connectivity index (χ1) is 13.8. The van der Waals surface area contributed by atoms with Crippen molar-refractivity contribution >= 4 is 23.6 Å². The zero-order valence-corrected chi connectivity index (χ0v) is 17.1. The van der Waals surface area contributed by atoms with Gasteiger partial charge >= 0.3 is 6.09 Å². The van der Waals surface area contributed by atoms with Gasteiger partial charge in [0.15, 0.2) is 0 Å². The van der Waals surface area contributed by atoms with Crippen molar-refractivity contribution in [3.05, 3.63) is 65.2 Å². The van der Waals surface area contributed by atoms with Crippen LogP contribution in [-0.2, 0) is 16.1 Å². The highest BCUT2D eigenvalue weighted by atomic mass is 16.5. The molecule has 29 heavy (non-hydrogen) atoms. The van der Waals surface area contributed by atoms with Gasteiger partial charge in [0, 0.05) is 17.8 Å². The number of carbonyl (C=O) groups is 3. The second-order valence-corrected chi connectivity index (χ2v) is 7.10. The summed E-state index contributed by atoms with van der Waals surface area (Å²) in [5.41, 5.74) is 2.96. The lowest BCUT2D eigenvalue weighted by atomic mass is 10.0. The summed E-state index contributed by atoms with van der Waals surface area (Å²) < 4.78 is 4.54. The molecule has 0 aliphatic carbocycles. The summed E-state index contributed by atoms with van der Waals surface area (Å²) in [6.45, 7) is 5.98. The van der Waals surface area contributed by atoms with Gasteiger partial charge in [-0.3, -0.25) is 14.9 Å². The monoisotopic (exact) mass is 397 g/mol. The van der Waals surface area contributed by atoms with Crippen molar-refractivity contribution in [3.63, 3.8) is 0 Å². The molecule has 3 amide bonds. The standard InChI is InChI=1S/C22H27N3O4/c1-14(2)19(25-20(26)17-7-5-6-15(3)12-17)21(27)23-13-16-8-10-18(11-9-16)24-22(28)29-4/h5-12,14,19H,13H2,1-4H3,(H,23,27)(H,24,28)(H,25,26). The van der Waals surface area contributed by atoms with E-state index < -0.39 is 12.1 Å². The lowest BCUT2D eigenvalue weighted by molar-refractivity contribution is -0.124. The number of carbonyl (C=O) groups excluding carboxylic acids is 3. The molecule has 0 saturated heterocycles. The molecule has 2 aromatic rings. The average molecular weight is 397 g/mol. The van der Waals surface area contributed by atoms with Gasteiger partial charge in [-0.2, -0.15) is 0 Å². The smallest absolute Gasteiger partial charge is 0.411 e. The Kier molecular flexibility index (Phi) is 7.77. The first-order valence-corrected chi connectivity index (χ1v) is 9.39. The third-order valence-electron chi connectivity index (χ3n) is 4.37. The van der Waals surface area contributed by atoms with E-state index in [0.717, 1.165) is 11.1 Å². The number of nitrogens with one attached hydrogen (secondary N) is 3. The van der Waals surface area contributed by atoms with Crippen LogP contribution in [0.1, 0.15) is 35.3 Å². The van der Waals surface area contributed by atoms with E-state index in [0.29, 0.717) is 17.8 Å². The quantitative estimate of drug-likeness (QED) is 0.668. The van der Waals surface area contributed by atoms with Crippen molar-refractivity contribution in [1.82, 2.24) is 10.6 Å². The van der Waals surface area contributed by atoms with Gasteiger partial charge in [0.25, 0.3) is 5.91 Å². The summed E-state index contributed by atoms with van der Waals surface area (Å²) in [7, 11) is 1.29. The first kappa shape index (κ1) is 21.9. The van der Waals surface area contributed by atoms with Crippen LogP contribution < -0.4 is 16.0 Å². The summed E-state index contributed by atoms with van der Waals surface area (Å²) in [6, 6.07) is 13.6. The van der Waals surface area contributed by atoms with Crippen molar-refractivity contribution in [2.24, 2.45) is 5.92 Å². The van der Waals surface area contributed by atoms with E-state index in [1.54, 1.807) is 36.4 Å². The molecule has 0 radical (unpaired) electrons. The van der Waals surface area contributed by atoms with Crippen LogP contribution in [0.5, 0.6) is 0 Å². The lowest BCUT2D eigenvalue weighted by Crippen LogP contribution is -2.49. The number of aryl methyl sites for hydroxylation is 1. The summed E-state index contributed by atoms with van der Waals surface area (Å²) in [6.07, 6.45) is -0.546. The number of ether oxygens (including phenoxy) is 1. The van der Waals surface area contributed by atoms with Gasteiger partial charge in [0.2, 0.25) is 5.91 Å². The molecule has 0 heterocycles. The predicted molar refractivity (Wildman–Crippen MR) is 112 cm³/mol. The lowest BCUT2D eigenvalue weighted by Gasteiger charge is -2.22. The van der Waals surface area contributed by atoms with Crippen molar-refractivity contribution in [2.75, 3.05) is 12.4 Å². The largest absolute Gasteiger partial charge is 0.453 e. The normalized spacial score (nSPS) is 11.5. The fraction of sp³-hybridized carbons (Fsp3) is 0.318. The van der Waals surface area contributed by atoms with Crippen LogP contribution in [0.25, 0.3) is 0 Å². The SMILES string of the molecule is COC(=O)Nc1ccc(CNC(=O)C(NC(=O)c2cccc(C)c2)C(C)C)cc1. The number of benzene rings is 2. The molecule has 0 saturated carbocycles. The minimum atomic E-state index is -0.650. The molecule has 0 aliphatic heterocycles. The van der Waals surface area contributed by atoms with E-state index >= 15 is 0 Å². The van der Waals surface area contributed by atoms with Gasteiger partial charge in [0.1, 0.15) is 6.04 Å². The molecule has 0 bridgehead atoms. The van der Waals surface area contributed by atoms with Crippen LogP contribution in [0.4, 0.5) is 10.5 Å². The van der Waals surface area contributed by atoms with Gasteiger partial charge in [-0.05, 0) is 42.7 Å². The molecule has 7 nitrogen and oxygen atoms in total. The average Bonchev–Trinajstić information content (AvgIpc) is 2.70. The number of amides is 3. The molecule has 3 N–H and O–H groups in total. The highest BCUT2D eigenvalue weighted by molar-refractivity contribution is 5.97. The Morgan fingerprint density at radius 2 is 1.72 bits per heavy atom. The third kappa shape index (κ3) is 6.64. The van der Waals surface area contributed by atoms with E-state index in [9.17, 15) is 14.4 Å². The number of anilines is 1. The summed E-state index contributed by atoms with van der Waals surface area (Å²) in [5, 5.41) is 8.24. The topological polar surface area (TPSA) is 96.5 Å². The van der Waals surface area contributed by atoms with Crippen molar-refractivity contribution in [1.29, 1.82) is 0 Å². The van der Waals surface area contributed by atoms with E-state index in [1.165, 1.54) is 7.11 Å². The van der Waals surface area contributed by atoms with E-state index in [2.05, 4.69) is 20.7 Å². The van der Waals surface area contributed by atoms with Crippen molar-refractivity contribution in [2.45, 2.75) is 33.4 Å². The Hall–Kier alpha value is -3.35. The Morgan fingerprint density at radius 1 is 1.03 bits per heavy atom. The van der Waals surface area contributed by atoms with Crippen LogP contribution in [-0.4, -0.2) is 31.1 Å². The zero-order valence-electron chi connectivity index (χ0n) is 17.1. The Balaban J connectivity index is 1.95. The fourth-order valence-electron chi connectivity index (χ4n) is 2.72. The third-order valence-corrected chi connectivity index (χ3v) is 4.37. The maximum Gasteiger partial charge on any atom is 0.411 e. The zero-order chi connectivity index (χ0) is 21.4. The minimum Gasteiger partial charge on any atom is -0.453 e. The Morgan fingerprint density at radius 3 is 2.31 bits per heavy atom. The van der Waals surface area contributed by atoms with Crippen molar-refractivity contribution in [3.8, 4) is 0 Å². The maximum absolute atomic E-state index is 12.6. The van der Waals surface area contributed by atoms with E-state index in [-0.39, 0.29) is 17.7 Å². The van der Waals surface area contributed by atoms with Gasteiger partial charge < -0.3 is 15.4 Å². The first-order valence-electron chi connectivity index (χ1n) is 9.39. The van der Waals surface area contributed by atoms with Crippen LogP contribution in [0.2, 0.25) is 0 Å². The second-order valence-electron chi connectivity index (χ2n) is 7.10. The number of methoxy groups -OCH3 is 1. The highest BCUT2D eigenvalue weighted by Crippen LogP contribution is 2.11. The highest BCUT2D eigenvalue weighted by Gasteiger charge is 2.24.